The van der Waals surface area contributed by atoms with E-state index in [2.05, 4.69) is 6.58 Å². The van der Waals surface area contributed by atoms with Crippen LogP contribution in [0.5, 0.6) is 5.75 Å². The van der Waals surface area contributed by atoms with Gasteiger partial charge in [0.05, 0.1) is 0 Å². The molecule has 1 atom stereocenters. The van der Waals surface area contributed by atoms with Crippen molar-refractivity contribution >= 4 is 11.6 Å². The zero-order valence-corrected chi connectivity index (χ0v) is 9.84. The molecule has 0 amide bonds. The quantitative estimate of drug-likeness (QED) is 0.855. The molecule has 0 fully saturated rings. The van der Waals surface area contributed by atoms with Crippen LogP contribution >= 0.6 is 11.6 Å². The van der Waals surface area contributed by atoms with Crippen LogP contribution in [0.4, 0.5) is 0 Å². The fourth-order valence-corrected chi connectivity index (χ4v) is 1.35. The molecule has 15 heavy (non-hydrogen) atoms. The predicted molar refractivity (Wildman–Crippen MR) is 64.3 cm³/mol. The third-order valence-corrected chi connectivity index (χ3v) is 2.15. The Labute approximate surface area is 95.7 Å². The molecule has 0 saturated heterocycles. The van der Waals surface area contributed by atoms with Gasteiger partial charge in [-0.15, -0.1) is 0 Å². The summed E-state index contributed by atoms with van der Waals surface area (Å²) in [5.41, 5.74) is 7.95. The van der Waals surface area contributed by atoms with E-state index < -0.39 is 0 Å². The van der Waals surface area contributed by atoms with Crippen molar-refractivity contribution in [1.82, 2.24) is 0 Å². The van der Waals surface area contributed by atoms with Gasteiger partial charge in [-0.05, 0) is 25.5 Å². The van der Waals surface area contributed by atoms with Gasteiger partial charge in [-0.1, -0.05) is 30.3 Å². The topological polar surface area (TPSA) is 35.2 Å². The summed E-state index contributed by atoms with van der Waals surface area (Å²) in [7, 11) is 0. The number of hydrogen-bond donors (Lipinski definition) is 1. The molecule has 2 N–H and O–H groups in total. The fourth-order valence-electron chi connectivity index (χ4n) is 1.30. The number of hydrogen-bond acceptors (Lipinski definition) is 2. The van der Waals surface area contributed by atoms with E-state index in [-0.39, 0.29) is 6.04 Å². The van der Waals surface area contributed by atoms with Crippen LogP contribution in [-0.4, -0.2) is 6.61 Å². The van der Waals surface area contributed by atoms with Gasteiger partial charge in [0, 0.05) is 16.6 Å². The molecule has 0 unspecified atom stereocenters. The lowest BCUT2D eigenvalue weighted by atomic mass is 10.1. The van der Waals surface area contributed by atoms with Gasteiger partial charge >= 0.3 is 0 Å². The second-order valence-corrected chi connectivity index (χ2v) is 4.17. The molecule has 0 spiro atoms. The second kappa shape index (κ2) is 5.19. The van der Waals surface area contributed by atoms with E-state index in [9.17, 15) is 0 Å². The van der Waals surface area contributed by atoms with Crippen LogP contribution in [0.25, 0.3) is 0 Å². The van der Waals surface area contributed by atoms with E-state index in [1.54, 1.807) is 0 Å². The first-order chi connectivity index (χ1) is 7.00. The molecule has 1 rings (SSSR count). The Hall–Kier alpha value is -0.990. The molecule has 0 heterocycles. The Kier molecular flexibility index (Phi) is 4.18. The van der Waals surface area contributed by atoms with Crippen LogP contribution in [0.15, 0.2) is 29.8 Å². The standard InChI is InChI=1S/C12H16ClNO/c1-8-4-5-11(10(3)14)12(6-8)15-7-9(2)13/h4-6,10H,2,7,14H2,1,3H3/t10-/m0/s1. The number of nitrogens with two attached hydrogens (primary N) is 1. The highest BCUT2D eigenvalue weighted by Crippen LogP contribution is 2.25. The van der Waals surface area contributed by atoms with E-state index in [0.29, 0.717) is 11.6 Å². The molecule has 2 nitrogen and oxygen atoms in total. The average Bonchev–Trinajstić information content (AvgIpc) is 2.14. The molecule has 0 saturated carbocycles. The number of halogens is 1. The van der Waals surface area contributed by atoms with Crippen molar-refractivity contribution in [2.45, 2.75) is 19.9 Å². The third kappa shape index (κ3) is 3.57. The van der Waals surface area contributed by atoms with Crippen molar-refractivity contribution in [3.8, 4) is 5.75 Å². The normalized spacial score (nSPS) is 12.3. The first-order valence-electron chi connectivity index (χ1n) is 4.83. The number of rotatable bonds is 4. The summed E-state index contributed by atoms with van der Waals surface area (Å²) >= 11 is 5.65. The number of aryl methyl sites for hydroxylation is 1. The SMILES string of the molecule is C=C(Cl)COc1cc(C)ccc1[C@H](C)N. The van der Waals surface area contributed by atoms with E-state index in [1.807, 2.05) is 32.0 Å². The summed E-state index contributed by atoms with van der Waals surface area (Å²) in [4.78, 5) is 0. The van der Waals surface area contributed by atoms with Crippen LogP contribution in [0.1, 0.15) is 24.1 Å². The summed E-state index contributed by atoms with van der Waals surface area (Å²) in [6.07, 6.45) is 0. The van der Waals surface area contributed by atoms with Crippen LogP contribution < -0.4 is 10.5 Å². The average molecular weight is 226 g/mol. The fraction of sp³-hybridized carbons (Fsp3) is 0.333. The van der Waals surface area contributed by atoms with Crippen molar-refractivity contribution in [3.05, 3.63) is 40.9 Å². The summed E-state index contributed by atoms with van der Waals surface area (Å²) in [5.74, 6) is 0.784. The largest absolute Gasteiger partial charge is 0.488 e. The molecule has 0 radical (unpaired) electrons. The van der Waals surface area contributed by atoms with E-state index in [1.165, 1.54) is 0 Å². The first-order valence-corrected chi connectivity index (χ1v) is 5.20. The van der Waals surface area contributed by atoms with Gasteiger partial charge in [-0.25, -0.2) is 0 Å². The van der Waals surface area contributed by atoms with E-state index in [4.69, 9.17) is 22.1 Å². The van der Waals surface area contributed by atoms with Gasteiger partial charge < -0.3 is 10.5 Å². The zero-order chi connectivity index (χ0) is 11.4. The van der Waals surface area contributed by atoms with Crippen molar-refractivity contribution in [1.29, 1.82) is 0 Å². The zero-order valence-electron chi connectivity index (χ0n) is 9.09. The van der Waals surface area contributed by atoms with Crippen LogP contribution in [0, 0.1) is 6.92 Å². The second-order valence-electron chi connectivity index (χ2n) is 3.64. The van der Waals surface area contributed by atoms with Gasteiger partial charge in [0.15, 0.2) is 0 Å². The van der Waals surface area contributed by atoms with Crippen molar-refractivity contribution in [2.75, 3.05) is 6.61 Å². The minimum atomic E-state index is -0.0517. The van der Waals surface area contributed by atoms with E-state index in [0.717, 1.165) is 16.9 Å². The molecule has 0 bridgehead atoms. The molecular formula is C12H16ClNO. The molecule has 0 aliphatic carbocycles. The Balaban J connectivity index is 2.91. The Morgan fingerprint density at radius 1 is 1.60 bits per heavy atom. The van der Waals surface area contributed by atoms with Crippen molar-refractivity contribution in [3.63, 3.8) is 0 Å². The number of ether oxygens (including phenoxy) is 1. The first kappa shape index (κ1) is 12.1. The molecule has 82 valence electrons. The molecule has 0 aliphatic rings. The summed E-state index contributed by atoms with van der Waals surface area (Å²) < 4.78 is 5.53. The Bertz CT molecular complexity index is 361. The van der Waals surface area contributed by atoms with Gasteiger partial charge in [0.2, 0.25) is 0 Å². The molecule has 1 aromatic carbocycles. The minimum absolute atomic E-state index is 0.0517. The summed E-state index contributed by atoms with van der Waals surface area (Å²) in [6, 6.07) is 5.90. The van der Waals surface area contributed by atoms with Gasteiger partial charge in [-0.3, -0.25) is 0 Å². The van der Waals surface area contributed by atoms with Gasteiger partial charge in [0.1, 0.15) is 12.4 Å². The maximum absolute atomic E-state index is 5.84. The Morgan fingerprint density at radius 3 is 2.80 bits per heavy atom. The molecule has 3 heteroatoms. The number of benzene rings is 1. The van der Waals surface area contributed by atoms with Crippen LogP contribution in [0.3, 0.4) is 0 Å². The smallest absolute Gasteiger partial charge is 0.124 e. The maximum Gasteiger partial charge on any atom is 0.124 e. The molecule has 0 aliphatic heterocycles. The lowest BCUT2D eigenvalue weighted by Crippen LogP contribution is -2.08. The highest BCUT2D eigenvalue weighted by Gasteiger charge is 2.08. The summed E-state index contributed by atoms with van der Waals surface area (Å²) in [5, 5.41) is 0.479. The van der Waals surface area contributed by atoms with Gasteiger partial charge in [-0.2, -0.15) is 0 Å². The van der Waals surface area contributed by atoms with Crippen LogP contribution in [0.2, 0.25) is 0 Å². The summed E-state index contributed by atoms with van der Waals surface area (Å²) in [6.45, 7) is 7.82. The highest BCUT2D eigenvalue weighted by molar-refractivity contribution is 6.29. The predicted octanol–water partition coefficient (Wildman–Crippen LogP) is 3.15. The molecular weight excluding hydrogens is 210 g/mol. The lowest BCUT2D eigenvalue weighted by molar-refractivity contribution is 0.353. The monoisotopic (exact) mass is 225 g/mol. The van der Waals surface area contributed by atoms with E-state index >= 15 is 0 Å². The third-order valence-electron chi connectivity index (χ3n) is 2.04. The Morgan fingerprint density at radius 2 is 2.27 bits per heavy atom. The van der Waals surface area contributed by atoms with Crippen molar-refractivity contribution in [2.24, 2.45) is 5.73 Å². The maximum atomic E-state index is 5.84. The lowest BCUT2D eigenvalue weighted by Gasteiger charge is -2.14. The minimum Gasteiger partial charge on any atom is -0.488 e. The van der Waals surface area contributed by atoms with Crippen molar-refractivity contribution < 1.29 is 4.74 Å². The molecule has 1 aromatic rings. The molecule has 0 aromatic heterocycles. The highest BCUT2D eigenvalue weighted by atomic mass is 35.5. The van der Waals surface area contributed by atoms with Crippen LogP contribution in [-0.2, 0) is 0 Å². The van der Waals surface area contributed by atoms with Gasteiger partial charge in [0.25, 0.3) is 0 Å².